The Kier molecular flexibility index (Phi) is 6.56. The number of guanidine groups is 1. The fraction of sp³-hybridized carbons (Fsp3) is 0.500. The molecule has 0 bridgehead atoms. The van der Waals surface area contributed by atoms with E-state index in [1.54, 1.807) is 0 Å². The molecule has 1 aromatic carbocycles. The number of aryl methyl sites for hydroxylation is 1. The molecule has 0 saturated carbocycles. The highest BCUT2D eigenvalue weighted by Gasteiger charge is 2.20. The minimum Gasteiger partial charge on any atom is -0.357 e. The molecule has 3 heterocycles. The zero-order valence-electron chi connectivity index (χ0n) is 17.3. The number of aromatic nitrogens is 3. The monoisotopic (exact) mass is 393 g/mol. The molecule has 1 fully saturated rings. The second-order valence-corrected chi connectivity index (χ2v) is 7.56. The van der Waals surface area contributed by atoms with E-state index in [0.717, 1.165) is 69.8 Å². The molecule has 4 rings (SSSR count). The van der Waals surface area contributed by atoms with Crippen molar-refractivity contribution in [1.82, 2.24) is 29.9 Å². The van der Waals surface area contributed by atoms with Gasteiger partial charge in [0.1, 0.15) is 12.4 Å². The van der Waals surface area contributed by atoms with Crippen molar-refractivity contribution in [3.05, 3.63) is 53.6 Å². The number of hydrogen-bond donors (Lipinski definition) is 1. The van der Waals surface area contributed by atoms with Gasteiger partial charge in [-0.3, -0.25) is 4.90 Å². The lowest BCUT2D eigenvalue weighted by Gasteiger charge is -2.36. The average Bonchev–Trinajstić information content (AvgIpc) is 3.37. The van der Waals surface area contributed by atoms with Crippen LogP contribution in [-0.2, 0) is 19.5 Å². The maximum Gasteiger partial charge on any atom is 0.194 e. The van der Waals surface area contributed by atoms with Crippen LogP contribution >= 0.6 is 0 Å². The van der Waals surface area contributed by atoms with Crippen LogP contribution in [0.3, 0.4) is 0 Å². The lowest BCUT2D eigenvalue weighted by atomic mass is 10.2. The summed E-state index contributed by atoms with van der Waals surface area (Å²) < 4.78 is 2.23. The summed E-state index contributed by atoms with van der Waals surface area (Å²) in [6, 6.07) is 10.5. The molecular weight excluding hydrogens is 362 g/mol. The second-order valence-electron chi connectivity index (χ2n) is 7.56. The van der Waals surface area contributed by atoms with Gasteiger partial charge in [-0.25, -0.2) is 4.99 Å². The number of fused-ring (bicyclic) bond motifs is 1. The summed E-state index contributed by atoms with van der Waals surface area (Å²) in [6.45, 7) is 9.67. The zero-order valence-corrected chi connectivity index (χ0v) is 17.3. The van der Waals surface area contributed by atoms with Crippen LogP contribution in [0.2, 0.25) is 0 Å². The van der Waals surface area contributed by atoms with Crippen molar-refractivity contribution in [2.75, 3.05) is 39.3 Å². The van der Waals surface area contributed by atoms with Gasteiger partial charge in [-0.05, 0) is 18.9 Å². The largest absolute Gasteiger partial charge is 0.357 e. The van der Waals surface area contributed by atoms with Gasteiger partial charge in [0.2, 0.25) is 0 Å². The highest BCUT2D eigenvalue weighted by atomic mass is 15.4. The standard InChI is InChI=1S/C22H31N7/c1-2-23-22(24-18-21-26-25-20-11-7-13-29(20)21)28-16-14-27(15-17-28)12-6-10-19-8-4-3-5-9-19/h3-6,8-10H,2,7,11-18H2,1H3,(H,23,24). The Labute approximate surface area is 173 Å². The number of nitrogens with zero attached hydrogens (tertiary/aromatic N) is 6. The molecule has 29 heavy (non-hydrogen) atoms. The molecule has 7 nitrogen and oxygen atoms in total. The number of nitrogens with one attached hydrogen (secondary N) is 1. The molecule has 1 N–H and O–H groups in total. The predicted octanol–water partition coefficient (Wildman–Crippen LogP) is 2.02. The number of aliphatic imine (C=N–C) groups is 1. The Hall–Kier alpha value is -2.67. The molecule has 2 aromatic rings. The third-order valence-electron chi connectivity index (χ3n) is 5.54. The molecule has 0 aliphatic carbocycles. The zero-order chi connectivity index (χ0) is 19.9. The van der Waals surface area contributed by atoms with E-state index in [1.807, 2.05) is 0 Å². The van der Waals surface area contributed by atoms with Crippen molar-refractivity contribution in [2.45, 2.75) is 32.9 Å². The predicted molar refractivity (Wildman–Crippen MR) is 117 cm³/mol. The molecule has 0 atom stereocenters. The van der Waals surface area contributed by atoms with Gasteiger partial charge in [0.25, 0.3) is 0 Å². The van der Waals surface area contributed by atoms with E-state index in [2.05, 4.69) is 79.3 Å². The van der Waals surface area contributed by atoms with Crippen molar-refractivity contribution in [2.24, 2.45) is 4.99 Å². The topological polar surface area (TPSA) is 61.6 Å². The summed E-state index contributed by atoms with van der Waals surface area (Å²) in [5, 5.41) is 12.1. The van der Waals surface area contributed by atoms with E-state index in [1.165, 1.54) is 12.0 Å². The first-order valence-corrected chi connectivity index (χ1v) is 10.7. The molecule has 1 saturated heterocycles. The summed E-state index contributed by atoms with van der Waals surface area (Å²) in [5.41, 5.74) is 1.26. The Bertz CT molecular complexity index is 832. The molecule has 2 aliphatic heterocycles. The minimum atomic E-state index is 0.593. The molecular formula is C22H31N7. The highest BCUT2D eigenvalue weighted by Crippen LogP contribution is 2.14. The van der Waals surface area contributed by atoms with Gasteiger partial charge in [0, 0.05) is 52.2 Å². The van der Waals surface area contributed by atoms with E-state index in [9.17, 15) is 0 Å². The summed E-state index contributed by atoms with van der Waals surface area (Å²) in [5.74, 6) is 3.08. The van der Waals surface area contributed by atoms with E-state index in [-0.39, 0.29) is 0 Å². The fourth-order valence-electron chi connectivity index (χ4n) is 3.94. The number of rotatable bonds is 6. The van der Waals surface area contributed by atoms with Gasteiger partial charge in [-0.15, -0.1) is 10.2 Å². The van der Waals surface area contributed by atoms with Gasteiger partial charge < -0.3 is 14.8 Å². The maximum absolute atomic E-state index is 4.86. The first-order chi connectivity index (χ1) is 14.3. The number of benzene rings is 1. The molecule has 0 amide bonds. The van der Waals surface area contributed by atoms with Gasteiger partial charge >= 0.3 is 0 Å². The number of piperazine rings is 1. The van der Waals surface area contributed by atoms with Crippen LogP contribution in [0, 0.1) is 0 Å². The molecule has 154 valence electrons. The van der Waals surface area contributed by atoms with Crippen LogP contribution in [0.25, 0.3) is 6.08 Å². The first-order valence-electron chi connectivity index (χ1n) is 10.7. The minimum absolute atomic E-state index is 0.593. The smallest absolute Gasteiger partial charge is 0.194 e. The van der Waals surface area contributed by atoms with Crippen LogP contribution < -0.4 is 5.32 Å². The van der Waals surface area contributed by atoms with Crippen LogP contribution in [0.15, 0.2) is 41.4 Å². The van der Waals surface area contributed by atoms with Crippen molar-refractivity contribution in [3.8, 4) is 0 Å². The van der Waals surface area contributed by atoms with E-state index in [4.69, 9.17) is 4.99 Å². The summed E-state index contributed by atoms with van der Waals surface area (Å²) in [6.07, 6.45) is 6.67. The van der Waals surface area contributed by atoms with Crippen LogP contribution in [0.1, 0.15) is 30.6 Å². The van der Waals surface area contributed by atoms with Crippen LogP contribution in [0.4, 0.5) is 0 Å². The molecule has 1 aromatic heterocycles. The van der Waals surface area contributed by atoms with Gasteiger partial charge in [0.05, 0.1) is 0 Å². The Morgan fingerprint density at radius 1 is 1.10 bits per heavy atom. The lowest BCUT2D eigenvalue weighted by Crippen LogP contribution is -2.52. The Balaban J connectivity index is 1.29. The van der Waals surface area contributed by atoms with Crippen molar-refractivity contribution in [1.29, 1.82) is 0 Å². The maximum atomic E-state index is 4.86. The fourth-order valence-corrected chi connectivity index (χ4v) is 3.94. The molecule has 0 unspecified atom stereocenters. The van der Waals surface area contributed by atoms with Crippen molar-refractivity contribution in [3.63, 3.8) is 0 Å². The molecule has 7 heteroatoms. The summed E-state index contributed by atoms with van der Waals surface area (Å²) in [4.78, 5) is 9.71. The highest BCUT2D eigenvalue weighted by molar-refractivity contribution is 5.80. The SMILES string of the molecule is CCNC(=NCc1nnc2n1CCC2)N1CCN(CC=Cc2ccccc2)CC1. The quantitative estimate of drug-likeness (QED) is 0.601. The van der Waals surface area contributed by atoms with Crippen LogP contribution in [0.5, 0.6) is 0 Å². The first kappa shape index (κ1) is 19.6. The Morgan fingerprint density at radius 2 is 1.93 bits per heavy atom. The van der Waals surface area contributed by atoms with E-state index >= 15 is 0 Å². The average molecular weight is 394 g/mol. The Morgan fingerprint density at radius 3 is 2.72 bits per heavy atom. The van der Waals surface area contributed by atoms with Crippen molar-refractivity contribution >= 4 is 12.0 Å². The lowest BCUT2D eigenvalue weighted by molar-refractivity contribution is 0.194. The molecule has 0 radical (unpaired) electrons. The number of hydrogen-bond acceptors (Lipinski definition) is 4. The normalized spacial score (nSPS) is 17.8. The van der Waals surface area contributed by atoms with Crippen molar-refractivity contribution < 1.29 is 0 Å². The third kappa shape index (κ3) is 5.03. The van der Waals surface area contributed by atoms with E-state index in [0.29, 0.717) is 6.54 Å². The van der Waals surface area contributed by atoms with E-state index < -0.39 is 0 Å². The summed E-state index contributed by atoms with van der Waals surface area (Å²) in [7, 11) is 0. The summed E-state index contributed by atoms with van der Waals surface area (Å²) >= 11 is 0. The third-order valence-corrected chi connectivity index (χ3v) is 5.54. The van der Waals surface area contributed by atoms with Gasteiger partial charge in [-0.1, -0.05) is 42.5 Å². The van der Waals surface area contributed by atoms with Gasteiger partial charge in [-0.2, -0.15) is 0 Å². The second kappa shape index (κ2) is 9.69. The molecule has 2 aliphatic rings. The van der Waals surface area contributed by atoms with Crippen LogP contribution in [-0.4, -0.2) is 69.8 Å². The van der Waals surface area contributed by atoms with Gasteiger partial charge in [0.15, 0.2) is 11.8 Å². The molecule has 0 spiro atoms.